The number of rotatable bonds is 7. The Morgan fingerprint density at radius 1 is 1.18 bits per heavy atom. The van der Waals surface area contributed by atoms with Crippen LogP contribution in [0.1, 0.15) is 11.1 Å². The van der Waals surface area contributed by atoms with Crippen molar-refractivity contribution in [1.29, 1.82) is 0 Å². The third-order valence-corrected chi connectivity index (χ3v) is 2.40. The zero-order valence-electron chi connectivity index (χ0n) is 9.62. The molecular formula is C13H18O4. The summed E-state index contributed by atoms with van der Waals surface area (Å²) in [6.07, 6.45) is -0.461. The van der Waals surface area contributed by atoms with Crippen molar-refractivity contribution in [3.05, 3.63) is 42.0 Å². The molecule has 0 aliphatic rings. The fourth-order valence-corrected chi connectivity index (χ4v) is 1.28. The molecule has 17 heavy (non-hydrogen) atoms. The third kappa shape index (κ3) is 4.66. The molecule has 0 amide bonds. The lowest BCUT2D eigenvalue weighted by atomic mass is 10.1. The largest absolute Gasteiger partial charge is 0.394 e. The second kappa shape index (κ2) is 7.19. The van der Waals surface area contributed by atoms with Crippen LogP contribution in [0, 0.1) is 0 Å². The second-order valence-electron chi connectivity index (χ2n) is 3.78. The third-order valence-electron chi connectivity index (χ3n) is 2.40. The Bertz CT molecular complexity index is 334. The molecule has 0 saturated heterocycles. The van der Waals surface area contributed by atoms with Crippen LogP contribution in [0.3, 0.4) is 0 Å². The minimum absolute atomic E-state index is 0.00899. The summed E-state index contributed by atoms with van der Waals surface area (Å²) in [5.41, 5.74) is 2.01. The first-order valence-corrected chi connectivity index (χ1v) is 5.43. The van der Waals surface area contributed by atoms with Crippen LogP contribution in [-0.2, 0) is 11.3 Å². The van der Waals surface area contributed by atoms with Crippen molar-refractivity contribution in [3.8, 4) is 0 Å². The van der Waals surface area contributed by atoms with Crippen molar-refractivity contribution in [2.24, 2.45) is 0 Å². The first kappa shape index (κ1) is 13.9. The van der Waals surface area contributed by atoms with Crippen LogP contribution in [0.2, 0.25) is 0 Å². The van der Waals surface area contributed by atoms with Crippen molar-refractivity contribution >= 4 is 6.08 Å². The molecule has 2 atom stereocenters. The van der Waals surface area contributed by atoms with Crippen molar-refractivity contribution in [3.63, 3.8) is 0 Å². The van der Waals surface area contributed by atoms with Gasteiger partial charge in [0.15, 0.2) is 0 Å². The van der Waals surface area contributed by atoms with E-state index >= 15 is 0 Å². The zero-order chi connectivity index (χ0) is 12.7. The van der Waals surface area contributed by atoms with Gasteiger partial charge >= 0.3 is 0 Å². The van der Waals surface area contributed by atoms with Gasteiger partial charge in [0.1, 0.15) is 12.2 Å². The number of aliphatic hydroxyl groups is 3. The molecule has 94 valence electrons. The molecule has 4 nitrogen and oxygen atoms in total. The van der Waals surface area contributed by atoms with Gasteiger partial charge in [0, 0.05) is 0 Å². The summed E-state index contributed by atoms with van der Waals surface area (Å²) < 4.78 is 5.23. The number of ether oxygens (including phenoxy) is 1. The van der Waals surface area contributed by atoms with Crippen molar-refractivity contribution in [1.82, 2.24) is 0 Å². The van der Waals surface area contributed by atoms with E-state index < -0.39 is 18.8 Å². The SMILES string of the molecule is C=Cc1ccc(COCC(O)C(O)CO)cc1. The molecule has 0 radical (unpaired) electrons. The quantitative estimate of drug-likeness (QED) is 0.649. The summed E-state index contributed by atoms with van der Waals surface area (Å²) in [7, 11) is 0. The fourth-order valence-electron chi connectivity index (χ4n) is 1.28. The van der Waals surface area contributed by atoms with Gasteiger partial charge in [-0.2, -0.15) is 0 Å². The Kier molecular flexibility index (Phi) is 5.86. The lowest BCUT2D eigenvalue weighted by molar-refractivity contribution is -0.0600. The van der Waals surface area contributed by atoms with E-state index in [1.54, 1.807) is 6.08 Å². The predicted molar refractivity (Wildman–Crippen MR) is 65.3 cm³/mol. The smallest absolute Gasteiger partial charge is 0.105 e. The lowest BCUT2D eigenvalue weighted by Crippen LogP contribution is -2.33. The van der Waals surface area contributed by atoms with Crippen molar-refractivity contribution < 1.29 is 20.1 Å². The fraction of sp³-hybridized carbons (Fsp3) is 0.385. The van der Waals surface area contributed by atoms with Gasteiger partial charge in [0.25, 0.3) is 0 Å². The normalized spacial score (nSPS) is 14.3. The first-order valence-electron chi connectivity index (χ1n) is 5.43. The van der Waals surface area contributed by atoms with E-state index in [0.29, 0.717) is 6.61 Å². The molecule has 0 fully saturated rings. The van der Waals surface area contributed by atoms with E-state index in [1.807, 2.05) is 24.3 Å². The monoisotopic (exact) mass is 238 g/mol. The van der Waals surface area contributed by atoms with Crippen LogP contribution in [0.25, 0.3) is 6.08 Å². The standard InChI is InChI=1S/C13H18O4/c1-2-10-3-5-11(6-4-10)8-17-9-13(16)12(15)7-14/h2-6,12-16H,1,7-9H2. The molecule has 3 N–H and O–H groups in total. The second-order valence-corrected chi connectivity index (χ2v) is 3.78. The van der Waals surface area contributed by atoms with E-state index in [4.69, 9.17) is 14.9 Å². The average Bonchev–Trinajstić information content (AvgIpc) is 2.38. The Labute approximate surface area is 101 Å². The average molecular weight is 238 g/mol. The maximum atomic E-state index is 9.33. The van der Waals surface area contributed by atoms with Gasteiger partial charge in [-0.3, -0.25) is 0 Å². The predicted octanol–water partition coefficient (Wildman–Crippen LogP) is 0.560. The van der Waals surface area contributed by atoms with Gasteiger partial charge in [-0.15, -0.1) is 0 Å². The van der Waals surface area contributed by atoms with Gasteiger partial charge in [-0.05, 0) is 11.1 Å². The van der Waals surface area contributed by atoms with Gasteiger partial charge in [0.05, 0.1) is 19.8 Å². The molecule has 2 unspecified atom stereocenters. The summed E-state index contributed by atoms with van der Waals surface area (Å²) in [5.74, 6) is 0. The molecule has 0 aromatic heterocycles. The molecule has 0 aliphatic carbocycles. The molecule has 1 aromatic carbocycles. The minimum Gasteiger partial charge on any atom is -0.394 e. The Morgan fingerprint density at radius 3 is 2.35 bits per heavy atom. The Morgan fingerprint density at radius 2 is 1.82 bits per heavy atom. The summed E-state index contributed by atoms with van der Waals surface area (Å²) in [6.45, 7) is 3.53. The van der Waals surface area contributed by atoms with Crippen molar-refractivity contribution in [2.75, 3.05) is 13.2 Å². The van der Waals surface area contributed by atoms with E-state index in [0.717, 1.165) is 11.1 Å². The van der Waals surface area contributed by atoms with E-state index in [2.05, 4.69) is 6.58 Å². The van der Waals surface area contributed by atoms with Gasteiger partial charge in [-0.1, -0.05) is 36.9 Å². The number of aliphatic hydroxyl groups excluding tert-OH is 3. The molecule has 0 bridgehead atoms. The van der Waals surface area contributed by atoms with E-state index in [1.165, 1.54) is 0 Å². The molecule has 0 saturated carbocycles. The van der Waals surface area contributed by atoms with E-state index in [-0.39, 0.29) is 6.61 Å². The minimum atomic E-state index is -1.15. The Balaban J connectivity index is 2.32. The number of benzene rings is 1. The highest BCUT2D eigenvalue weighted by molar-refractivity contribution is 5.47. The van der Waals surface area contributed by atoms with Crippen LogP contribution in [0.4, 0.5) is 0 Å². The molecule has 0 spiro atoms. The highest BCUT2D eigenvalue weighted by Crippen LogP contribution is 2.07. The number of hydrogen-bond donors (Lipinski definition) is 3. The molecular weight excluding hydrogens is 220 g/mol. The molecule has 4 heteroatoms. The molecule has 1 aromatic rings. The number of hydrogen-bond acceptors (Lipinski definition) is 4. The van der Waals surface area contributed by atoms with Crippen LogP contribution in [-0.4, -0.2) is 40.7 Å². The summed E-state index contributed by atoms with van der Waals surface area (Å²) in [5, 5.41) is 27.0. The van der Waals surface area contributed by atoms with Crippen LogP contribution in [0.5, 0.6) is 0 Å². The summed E-state index contributed by atoms with van der Waals surface area (Å²) in [6, 6.07) is 7.66. The first-order chi connectivity index (χ1) is 8.17. The molecule has 1 rings (SSSR count). The molecule has 0 heterocycles. The maximum Gasteiger partial charge on any atom is 0.105 e. The van der Waals surface area contributed by atoms with Crippen LogP contribution in [0.15, 0.2) is 30.8 Å². The Hall–Kier alpha value is -1.20. The van der Waals surface area contributed by atoms with E-state index in [9.17, 15) is 5.11 Å². The zero-order valence-corrected chi connectivity index (χ0v) is 9.62. The lowest BCUT2D eigenvalue weighted by Gasteiger charge is -2.15. The summed E-state index contributed by atoms with van der Waals surface area (Å²) in [4.78, 5) is 0. The maximum absolute atomic E-state index is 9.33. The highest BCUT2D eigenvalue weighted by Gasteiger charge is 2.14. The highest BCUT2D eigenvalue weighted by atomic mass is 16.5. The van der Waals surface area contributed by atoms with Crippen LogP contribution >= 0.6 is 0 Å². The van der Waals surface area contributed by atoms with Gasteiger partial charge in [0.2, 0.25) is 0 Å². The topological polar surface area (TPSA) is 69.9 Å². The van der Waals surface area contributed by atoms with Crippen LogP contribution < -0.4 is 0 Å². The summed E-state index contributed by atoms with van der Waals surface area (Å²) >= 11 is 0. The van der Waals surface area contributed by atoms with Crippen molar-refractivity contribution in [2.45, 2.75) is 18.8 Å². The molecule has 0 aliphatic heterocycles. The van der Waals surface area contributed by atoms with Gasteiger partial charge < -0.3 is 20.1 Å². The van der Waals surface area contributed by atoms with Gasteiger partial charge in [-0.25, -0.2) is 0 Å².